The van der Waals surface area contributed by atoms with Crippen molar-refractivity contribution in [1.29, 1.82) is 0 Å². The van der Waals surface area contributed by atoms with Crippen molar-refractivity contribution in [3.63, 3.8) is 0 Å². The molecule has 3 nitrogen and oxygen atoms in total. The van der Waals surface area contributed by atoms with Crippen molar-refractivity contribution in [2.24, 2.45) is 17.3 Å². The molecule has 18 heavy (non-hydrogen) atoms. The first-order valence-corrected chi connectivity index (χ1v) is 7.41. The second-order valence-corrected chi connectivity index (χ2v) is 6.78. The van der Waals surface area contributed by atoms with Crippen molar-refractivity contribution in [2.45, 2.75) is 58.9 Å². The molecule has 3 heteroatoms. The lowest BCUT2D eigenvalue weighted by atomic mass is 9.74. The van der Waals surface area contributed by atoms with E-state index in [0.717, 1.165) is 37.8 Å². The molecular formula is C15H27NO2. The van der Waals surface area contributed by atoms with Gasteiger partial charge in [0.2, 0.25) is 0 Å². The highest BCUT2D eigenvalue weighted by molar-refractivity contribution is 5.74. The van der Waals surface area contributed by atoms with Crippen LogP contribution in [-0.2, 0) is 4.79 Å². The maximum Gasteiger partial charge on any atom is 0.309 e. The summed E-state index contributed by atoms with van der Waals surface area (Å²) in [5, 5.41) is 9.28. The molecule has 2 rings (SSSR count). The Hall–Kier alpha value is -0.570. The lowest BCUT2D eigenvalue weighted by Gasteiger charge is -2.47. The molecule has 2 fully saturated rings. The summed E-state index contributed by atoms with van der Waals surface area (Å²) < 4.78 is 0. The zero-order chi connectivity index (χ0) is 13.3. The average molecular weight is 253 g/mol. The Morgan fingerprint density at radius 3 is 2.11 bits per heavy atom. The van der Waals surface area contributed by atoms with E-state index >= 15 is 0 Å². The van der Waals surface area contributed by atoms with Crippen LogP contribution >= 0.6 is 0 Å². The highest BCUT2D eigenvalue weighted by Crippen LogP contribution is 2.38. The van der Waals surface area contributed by atoms with E-state index < -0.39 is 11.4 Å². The molecule has 1 saturated heterocycles. The van der Waals surface area contributed by atoms with E-state index in [9.17, 15) is 9.90 Å². The second kappa shape index (κ2) is 5.20. The molecule has 2 aliphatic rings. The van der Waals surface area contributed by atoms with Crippen LogP contribution in [-0.4, -0.2) is 35.1 Å². The normalized spacial score (nSPS) is 37.4. The monoisotopic (exact) mass is 253 g/mol. The van der Waals surface area contributed by atoms with Gasteiger partial charge in [0.1, 0.15) is 0 Å². The van der Waals surface area contributed by atoms with Gasteiger partial charge in [-0.25, -0.2) is 0 Å². The molecular weight excluding hydrogens is 226 g/mol. The first-order valence-electron chi connectivity index (χ1n) is 7.41. The molecule has 104 valence electrons. The van der Waals surface area contributed by atoms with Gasteiger partial charge in [0, 0.05) is 6.04 Å². The molecule has 0 spiro atoms. The molecule has 0 aromatic rings. The van der Waals surface area contributed by atoms with Crippen LogP contribution in [0.15, 0.2) is 0 Å². The van der Waals surface area contributed by atoms with E-state index in [4.69, 9.17) is 0 Å². The third-order valence-electron chi connectivity index (χ3n) is 5.32. The smallest absolute Gasteiger partial charge is 0.309 e. The van der Waals surface area contributed by atoms with Gasteiger partial charge in [0.25, 0.3) is 0 Å². The molecule has 0 aromatic heterocycles. The van der Waals surface area contributed by atoms with Gasteiger partial charge >= 0.3 is 5.97 Å². The number of hydrogen-bond acceptors (Lipinski definition) is 2. The SMILES string of the molecule is CC1CCCC(C)C1N1CCC(C)(C(=O)O)CC1. The van der Waals surface area contributed by atoms with Crippen LogP contribution in [0.5, 0.6) is 0 Å². The number of nitrogens with zero attached hydrogens (tertiary/aromatic N) is 1. The summed E-state index contributed by atoms with van der Waals surface area (Å²) >= 11 is 0. The van der Waals surface area contributed by atoms with Crippen LogP contribution in [0.1, 0.15) is 52.9 Å². The summed E-state index contributed by atoms with van der Waals surface area (Å²) in [6, 6.07) is 0.678. The Kier molecular flexibility index (Phi) is 4.00. The molecule has 1 N–H and O–H groups in total. The third kappa shape index (κ3) is 2.56. The van der Waals surface area contributed by atoms with Gasteiger partial charge in [-0.1, -0.05) is 20.3 Å². The minimum absolute atomic E-state index is 0.488. The summed E-state index contributed by atoms with van der Waals surface area (Å²) in [5.74, 6) is 0.915. The van der Waals surface area contributed by atoms with Gasteiger partial charge in [0.15, 0.2) is 0 Å². The molecule has 1 aliphatic heterocycles. The van der Waals surface area contributed by atoms with Crippen LogP contribution in [0.2, 0.25) is 0 Å². The van der Waals surface area contributed by atoms with E-state index in [0.29, 0.717) is 6.04 Å². The zero-order valence-electron chi connectivity index (χ0n) is 12.0. The van der Waals surface area contributed by atoms with E-state index in [-0.39, 0.29) is 0 Å². The van der Waals surface area contributed by atoms with Gasteiger partial charge in [-0.05, 0) is 57.5 Å². The summed E-state index contributed by atoms with van der Waals surface area (Å²) in [6.07, 6.45) is 5.64. The maximum absolute atomic E-state index is 11.3. The number of hydrogen-bond donors (Lipinski definition) is 1. The maximum atomic E-state index is 11.3. The fraction of sp³-hybridized carbons (Fsp3) is 0.933. The highest BCUT2D eigenvalue weighted by atomic mass is 16.4. The molecule has 0 amide bonds. The lowest BCUT2D eigenvalue weighted by Crippen LogP contribution is -2.52. The van der Waals surface area contributed by atoms with Gasteiger partial charge in [0.05, 0.1) is 5.41 Å². The highest BCUT2D eigenvalue weighted by Gasteiger charge is 2.41. The van der Waals surface area contributed by atoms with Crippen molar-refractivity contribution < 1.29 is 9.90 Å². The summed E-state index contributed by atoms with van der Waals surface area (Å²) in [7, 11) is 0. The molecule has 1 aliphatic carbocycles. The predicted molar refractivity (Wildman–Crippen MR) is 72.5 cm³/mol. The standard InChI is InChI=1S/C15H27NO2/c1-11-5-4-6-12(2)13(11)16-9-7-15(3,8-10-16)14(17)18/h11-13H,4-10H2,1-3H3,(H,17,18). The first kappa shape index (κ1) is 13.9. The fourth-order valence-electron chi connectivity index (χ4n) is 3.91. The first-order chi connectivity index (χ1) is 8.44. The second-order valence-electron chi connectivity index (χ2n) is 6.78. The van der Waals surface area contributed by atoms with E-state index in [1.54, 1.807) is 0 Å². The minimum Gasteiger partial charge on any atom is -0.481 e. The Labute approximate surface area is 111 Å². The third-order valence-corrected chi connectivity index (χ3v) is 5.32. The Morgan fingerprint density at radius 2 is 1.67 bits per heavy atom. The van der Waals surface area contributed by atoms with Crippen LogP contribution in [0.3, 0.4) is 0 Å². The van der Waals surface area contributed by atoms with E-state index in [1.807, 2.05) is 6.92 Å². The fourth-order valence-corrected chi connectivity index (χ4v) is 3.91. The minimum atomic E-state index is -0.619. The van der Waals surface area contributed by atoms with Crippen molar-refractivity contribution in [3.05, 3.63) is 0 Å². The summed E-state index contributed by atoms with van der Waals surface area (Å²) in [6.45, 7) is 8.56. The van der Waals surface area contributed by atoms with Crippen LogP contribution in [0.25, 0.3) is 0 Å². The number of carbonyl (C=O) groups is 1. The average Bonchev–Trinajstić information content (AvgIpc) is 2.31. The molecule has 2 unspecified atom stereocenters. The quantitative estimate of drug-likeness (QED) is 0.822. The Morgan fingerprint density at radius 1 is 1.17 bits per heavy atom. The summed E-state index contributed by atoms with van der Waals surface area (Å²) in [4.78, 5) is 13.8. The molecule has 2 atom stereocenters. The zero-order valence-corrected chi connectivity index (χ0v) is 12.0. The molecule has 0 aromatic carbocycles. The largest absolute Gasteiger partial charge is 0.481 e. The van der Waals surface area contributed by atoms with Gasteiger partial charge in [-0.15, -0.1) is 0 Å². The van der Waals surface area contributed by atoms with E-state index in [1.165, 1.54) is 19.3 Å². The van der Waals surface area contributed by atoms with Crippen molar-refractivity contribution >= 4 is 5.97 Å². The molecule has 1 heterocycles. The van der Waals surface area contributed by atoms with Crippen LogP contribution in [0, 0.1) is 17.3 Å². The predicted octanol–water partition coefficient (Wildman–Crippen LogP) is 3.00. The number of likely N-dealkylation sites (tertiary alicyclic amines) is 1. The number of carboxylic acids is 1. The van der Waals surface area contributed by atoms with Crippen molar-refractivity contribution in [3.8, 4) is 0 Å². The topological polar surface area (TPSA) is 40.5 Å². The van der Waals surface area contributed by atoms with Crippen LogP contribution in [0.4, 0.5) is 0 Å². The van der Waals surface area contributed by atoms with Crippen LogP contribution < -0.4 is 0 Å². The number of aliphatic carboxylic acids is 1. The lowest BCUT2D eigenvalue weighted by molar-refractivity contribution is -0.151. The molecule has 0 bridgehead atoms. The van der Waals surface area contributed by atoms with Gasteiger partial charge in [-0.3, -0.25) is 9.69 Å². The number of carboxylic acid groups (broad SMARTS) is 1. The van der Waals surface area contributed by atoms with Crippen molar-refractivity contribution in [1.82, 2.24) is 4.90 Å². The summed E-state index contributed by atoms with van der Waals surface area (Å²) in [5.41, 5.74) is -0.488. The Balaban J connectivity index is 1.98. The number of piperidine rings is 1. The number of rotatable bonds is 2. The van der Waals surface area contributed by atoms with Crippen molar-refractivity contribution in [2.75, 3.05) is 13.1 Å². The molecule has 0 radical (unpaired) electrons. The van der Waals surface area contributed by atoms with E-state index in [2.05, 4.69) is 18.7 Å². The van der Waals surface area contributed by atoms with Gasteiger partial charge in [-0.2, -0.15) is 0 Å². The Bertz CT molecular complexity index is 298. The molecule has 1 saturated carbocycles. The van der Waals surface area contributed by atoms with Gasteiger partial charge < -0.3 is 5.11 Å².